The summed E-state index contributed by atoms with van der Waals surface area (Å²) >= 11 is 4.79. The molecule has 116 valence electrons. The van der Waals surface area contributed by atoms with Crippen LogP contribution in [-0.2, 0) is 19.9 Å². The minimum atomic E-state index is -3.97. The highest BCUT2D eigenvalue weighted by atomic mass is 32.2. The number of nitrogens with zero attached hydrogens (tertiary/aromatic N) is 1. The van der Waals surface area contributed by atoms with Crippen LogP contribution >= 0.6 is 12.2 Å². The van der Waals surface area contributed by atoms with Crippen molar-refractivity contribution in [3.8, 4) is 0 Å². The normalized spacial score (nSPS) is 24.8. The van der Waals surface area contributed by atoms with Gasteiger partial charge in [-0.3, -0.25) is 4.98 Å². The third-order valence-corrected chi connectivity index (χ3v) is 6.94. The second kappa shape index (κ2) is 5.27. The summed E-state index contributed by atoms with van der Waals surface area (Å²) in [4.78, 5) is 3.58. The van der Waals surface area contributed by atoms with Crippen molar-refractivity contribution in [2.75, 3.05) is 11.5 Å². The van der Waals surface area contributed by atoms with Gasteiger partial charge in [-0.15, -0.1) is 0 Å². The second-order valence-electron chi connectivity index (χ2n) is 5.22. The van der Waals surface area contributed by atoms with Crippen LogP contribution in [0.15, 0.2) is 23.2 Å². The molecule has 21 heavy (non-hydrogen) atoms. The third kappa shape index (κ3) is 3.57. The highest BCUT2D eigenvalue weighted by molar-refractivity contribution is 7.92. The molecule has 1 atom stereocenters. The highest BCUT2D eigenvalue weighted by Gasteiger charge is 2.41. The maximum Gasteiger partial charge on any atom is 0.243 e. The van der Waals surface area contributed by atoms with Crippen LogP contribution in [0.4, 0.5) is 0 Å². The first-order chi connectivity index (χ1) is 9.55. The van der Waals surface area contributed by atoms with Crippen molar-refractivity contribution in [3.05, 3.63) is 24.0 Å². The van der Waals surface area contributed by atoms with Crippen molar-refractivity contribution >= 4 is 37.1 Å². The monoisotopic (exact) mass is 349 g/mol. The molecule has 2 rings (SSSR count). The number of pyridine rings is 1. The standard InChI is InChI=1S/C11H15N3O4S3/c1-11(4-6-20(15,16)7-11)14-21(17,18)8-3-2-5-13-9(8)10(12)19/h2-3,5,14H,4,6-7H2,1H3,(H2,12,19). The van der Waals surface area contributed by atoms with Gasteiger partial charge in [0.2, 0.25) is 10.0 Å². The van der Waals surface area contributed by atoms with Gasteiger partial charge in [-0.2, -0.15) is 0 Å². The lowest BCUT2D eigenvalue weighted by Gasteiger charge is -2.24. The third-order valence-electron chi connectivity index (χ3n) is 3.18. The molecule has 1 aliphatic rings. The lowest BCUT2D eigenvalue weighted by Crippen LogP contribution is -2.47. The molecule has 0 aliphatic carbocycles. The van der Waals surface area contributed by atoms with E-state index in [0.29, 0.717) is 0 Å². The number of nitrogens with one attached hydrogen (secondary N) is 1. The molecule has 1 fully saturated rings. The number of sulfone groups is 1. The minimum Gasteiger partial charge on any atom is -0.388 e. The molecule has 7 nitrogen and oxygen atoms in total. The molecule has 1 aromatic heterocycles. The van der Waals surface area contributed by atoms with E-state index < -0.39 is 25.4 Å². The maximum atomic E-state index is 12.5. The van der Waals surface area contributed by atoms with Gasteiger partial charge in [0.1, 0.15) is 15.6 Å². The molecular formula is C11H15N3O4S3. The summed E-state index contributed by atoms with van der Waals surface area (Å²) in [6.07, 6.45) is 1.60. The molecule has 0 amide bonds. The van der Waals surface area contributed by atoms with Crippen molar-refractivity contribution in [2.45, 2.75) is 23.8 Å². The van der Waals surface area contributed by atoms with Crippen LogP contribution in [0.1, 0.15) is 19.0 Å². The molecule has 1 unspecified atom stereocenters. The predicted octanol–water partition coefficient (Wildman–Crippen LogP) is -0.429. The largest absolute Gasteiger partial charge is 0.388 e. The zero-order chi connectivity index (χ0) is 15.9. The Morgan fingerprint density at radius 2 is 2.19 bits per heavy atom. The van der Waals surface area contributed by atoms with E-state index in [0.717, 1.165) is 0 Å². The fraction of sp³-hybridized carbons (Fsp3) is 0.455. The summed E-state index contributed by atoms with van der Waals surface area (Å²) in [6.45, 7) is 1.56. The molecule has 0 spiro atoms. The van der Waals surface area contributed by atoms with Crippen LogP contribution in [0.5, 0.6) is 0 Å². The van der Waals surface area contributed by atoms with E-state index in [9.17, 15) is 16.8 Å². The molecule has 10 heteroatoms. The Kier molecular flexibility index (Phi) is 4.08. The Balaban J connectivity index is 2.39. The van der Waals surface area contributed by atoms with E-state index in [1.807, 2.05) is 0 Å². The number of rotatable bonds is 4. The topological polar surface area (TPSA) is 119 Å². The molecule has 0 aromatic carbocycles. The summed E-state index contributed by atoms with van der Waals surface area (Å²) < 4.78 is 50.5. The lowest BCUT2D eigenvalue weighted by atomic mass is 10.0. The first kappa shape index (κ1) is 16.3. The van der Waals surface area contributed by atoms with Gasteiger partial charge in [0.05, 0.1) is 11.5 Å². The van der Waals surface area contributed by atoms with Crippen molar-refractivity contribution < 1.29 is 16.8 Å². The molecule has 2 heterocycles. The smallest absolute Gasteiger partial charge is 0.243 e. The van der Waals surface area contributed by atoms with Gasteiger partial charge in [0, 0.05) is 11.7 Å². The number of aromatic nitrogens is 1. The molecule has 1 aliphatic heterocycles. The zero-order valence-electron chi connectivity index (χ0n) is 11.2. The maximum absolute atomic E-state index is 12.5. The van der Waals surface area contributed by atoms with Gasteiger partial charge < -0.3 is 5.73 Å². The van der Waals surface area contributed by atoms with Gasteiger partial charge in [-0.1, -0.05) is 12.2 Å². The Morgan fingerprint density at radius 1 is 1.52 bits per heavy atom. The number of hydrogen-bond donors (Lipinski definition) is 2. The fourth-order valence-electron chi connectivity index (χ4n) is 2.26. The summed E-state index contributed by atoms with van der Waals surface area (Å²) in [5.74, 6) is -0.275. The van der Waals surface area contributed by atoms with Crippen LogP contribution in [-0.4, -0.2) is 43.9 Å². The highest BCUT2D eigenvalue weighted by Crippen LogP contribution is 2.25. The quantitative estimate of drug-likeness (QED) is 0.708. The zero-order valence-corrected chi connectivity index (χ0v) is 13.7. The summed E-state index contributed by atoms with van der Waals surface area (Å²) in [5.41, 5.74) is 4.43. The molecule has 0 radical (unpaired) electrons. The van der Waals surface area contributed by atoms with Crippen molar-refractivity contribution in [1.82, 2.24) is 9.71 Å². The van der Waals surface area contributed by atoms with Crippen LogP contribution in [0, 0.1) is 0 Å². The van der Waals surface area contributed by atoms with E-state index >= 15 is 0 Å². The Morgan fingerprint density at radius 3 is 2.71 bits per heavy atom. The average molecular weight is 349 g/mol. The number of nitrogens with two attached hydrogens (primary N) is 1. The SMILES string of the molecule is CC1(NS(=O)(=O)c2cccnc2C(N)=S)CCS(=O)(=O)C1. The summed E-state index contributed by atoms with van der Waals surface area (Å²) in [5, 5.41) is 0. The molecule has 1 aromatic rings. The second-order valence-corrected chi connectivity index (χ2v) is 9.50. The summed E-state index contributed by atoms with van der Waals surface area (Å²) in [6, 6.07) is 2.78. The van der Waals surface area contributed by atoms with Crippen molar-refractivity contribution in [3.63, 3.8) is 0 Å². The van der Waals surface area contributed by atoms with E-state index in [1.165, 1.54) is 18.3 Å². The van der Waals surface area contributed by atoms with E-state index in [1.54, 1.807) is 6.92 Å². The molecular weight excluding hydrogens is 334 g/mol. The number of sulfonamides is 1. The Bertz CT molecular complexity index is 789. The van der Waals surface area contributed by atoms with E-state index in [2.05, 4.69) is 9.71 Å². The van der Waals surface area contributed by atoms with Gasteiger partial charge in [0.15, 0.2) is 9.84 Å². The molecule has 1 saturated heterocycles. The molecule has 3 N–H and O–H groups in total. The lowest BCUT2D eigenvalue weighted by molar-refractivity contribution is 0.461. The average Bonchev–Trinajstić information content (AvgIpc) is 2.62. The summed E-state index contributed by atoms with van der Waals surface area (Å²) in [7, 11) is -7.20. The van der Waals surface area contributed by atoms with Crippen molar-refractivity contribution in [2.24, 2.45) is 5.73 Å². The fourth-order valence-corrected chi connectivity index (χ4v) is 6.28. The first-order valence-corrected chi connectivity index (χ1v) is 9.75. The van der Waals surface area contributed by atoms with Gasteiger partial charge in [-0.05, 0) is 25.5 Å². The van der Waals surface area contributed by atoms with Crippen LogP contribution in [0.3, 0.4) is 0 Å². The number of thiocarbonyl (C=S) groups is 1. The van der Waals surface area contributed by atoms with Gasteiger partial charge in [-0.25, -0.2) is 21.6 Å². The van der Waals surface area contributed by atoms with E-state index in [4.69, 9.17) is 18.0 Å². The van der Waals surface area contributed by atoms with Gasteiger partial charge >= 0.3 is 0 Å². The first-order valence-electron chi connectivity index (χ1n) is 6.04. The molecule has 0 bridgehead atoms. The van der Waals surface area contributed by atoms with Crippen LogP contribution in [0.2, 0.25) is 0 Å². The van der Waals surface area contributed by atoms with Crippen LogP contribution in [0.25, 0.3) is 0 Å². The Hall–Kier alpha value is -1.10. The van der Waals surface area contributed by atoms with Crippen LogP contribution < -0.4 is 10.5 Å². The number of hydrogen-bond acceptors (Lipinski definition) is 6. The van der Waals surface area contributed by atoms with Gasteiger partial charge in [0.25, 0.3) is 0 Å². The minimum absolute atomic E-state index is 0.00976. The Labute approximate surface area is 128 Å². The predicted molar refractivity (Wildman–Crippen MR) is 82.1 cm³/mol. The van der Waals surface area contributed by atoms with Crippen molar-refractivity contribution in [1.29, 1.82) is 0 Å². The molecule has 0 saturated carbocycles. The van der Waals surface area contributed by atoms with E-state index in [-0.39, 0.29) is 33.5 Å².